The van der Waals surface area contributed by atoms with Crippen molar-refractivity contribution in [3.8, 4) is 5.82 Å². The Morgan fingerprint density at radius 2 is 2.33 bits per heavy atom. The summed E-state index contributed by atoms with van der Waals surface area (Å²) >= 11 is 0. The molecule has 0 unspecified atom stereocenters. The van der Waals surface area contributed by atoms with Gasteiger partial charge in [-0.15, -0.1) is 0 Å². The molecular formula is C9H9N5O. The maximum atomic E-state index is 11.4. The average Bonchev–Trinajstić information content (AvgIpc) is 2.93. The van der Waals surface area contributed by atoms with E-state index in [4.69, 9.17) is 0 Å². The number of nitrogens with zero attached hydrogens (tertiary/aromatic N) is 4. The number of hydrogen-bond acceptors (Lipinski definition) is 4. The molecule has 2 heterocycles. The number of rotatable bonds is 2. The van der Waals surface area contributed by atoms with Gasteiger partial charge in [0.15, 0.2) is 5.82 Å². The fraction of sp³-hybridized carbons (Fsp3) is 0.333. The van der Waals surface area contributed by atoms with Crippen molar-refractivity contribution in [2.45, 2.75) is 18.8 Å². The molecule has 0 atom stereocenters. The quantitative estimate of drug-likeness (QED) is 0.757. The molecule has 1 aliphatic carbocycles. The van der Waals surface area contributed by atoms with Crippen molar-refractivity contribution < 1.29 is 0 Å². The molecule has 0 bridgehead atoms. The van der Waals surface area contributed by atoms with E-state index in [1.54, 1.807) is 0 Å². The van der Waals surface area contributed by atoms with Gasteiger partial charge in [0.25, 0.3) is 5.56 Å². The first-order valence-corrected chi connectivity index (χ1v) is 4.79. The van der Waals surface area contributed by atoms with Crippen molar-refractivity contribution in [3.63, 3.8) is 0 Å². The second kappa shape index (κ2) is 3.01. The standard InChI is InChI=1S/C9H9N5O/c15-8-3-7(14-5-10-4-11-14)12-9(13-8)6-1-2-6/h3-6H,1-2H2,(H,12,13,15). The highest BCUT2D eigenvalue weighted by molar-refractivity contribution is 5.20. The number of hydrogen-bond donors (Lipinski definition) is 1. The topological polar surface area (TPSA) is 76.5 Å². The van der Waals surface area contributed by atoms with Crippen molar-refractivity contribution in [3.05, 3.63) is 34.9 Å². The van der Waals surface area contributed by atoms with Gasteiger partial charge in [-0.2, -0.15) is 5.10 Å². The molecule has 1 saturated carbocycles. The molecule has 6 nitrogen and oxygen atoms in total. The maximum absolute atomic E-state index is 11.4. The van der Waals surface area contributed by atoms with Crippen LogP contribution in [0.15, 0.2) is 23.5 Å². The second-order valence-corrected chi connectivity index (χ2v) is 3.60. The van der Waals surface area contributed by atoms with E-state index in [1.807, 2.05) is 0 Å². The Bertz CT molecular complexity index is 526. The lowest BCUT2D eigenvalue weighted by Gasteiger charge is -2.01. The summed E-state index contributed by atoms with van der Waals surface area (Å²) in [6, 6.07) is 1.42. The molecule has 1 fully saturated rings. The Balaban J connectivity index is 2.11. The van der Waals surface area contributed by atoms with Gasteiger partial charge < -0.3 is 4.98 Å². The SMILES string of the molecule is O=c1cc(-n2cncn2)nc(C2CC2)[nH]1. The molecule has 3 rings (SSSR count). The van der Waals surface area contributed by atoms with Gasteiger partial charge in [-0.3, -0.25) is 4.79 Å². The van der Waals surface area contributed by atoms with Gasteiger partial charge in [0, 0.05) is 12.0 Å². The Labute approximate surface area is 85.0 Å². The van der Waals surface area contributed by atoms with Crippen LogP contribution in [-0.4, -0.2) is 24.7 Å². The third-order valence-corrected chi connectivity index (χ3v) is 2.36. The molecule has 1 aliphatic rings. The van der Waals surface area contributed by atoms with E-state index in [1.165, 1.54) is 23.4 Å². The molecule has 0 aliphatic heterocycles. The Morgan fingerprint density at radius 1 is 1.47 bits per heavy atom. The number of nitrogens with one attached hydrogen (secondary N) is 1. The number of aromatic amines is 1. The summed E-state index contributed by atoms with van der Waals surface area (Å²) in [6.45, 7) is 0. The van der Waals surface area contributed by atoms with E-state index in [0.717, 1.165) is 18.7 Å². The van der Waals surface area contributed by atoms with Crippen LogP contribution in [0.2, 0.25) is 0 Å². The van der Waals surface area contributed by atoms with E-state index < -0.39 is 0 Å². The van der Waals surface area contributed by atoms with Crippen molar-refractivity contribution in [1.29, 1.82) is 0 Å². The summed E-state index contributed by atoms with van der Waals surface area (Å²) in [6.07, 6.45) is 5.14. The van der Waals surface area contributed by atoms with Crippen LogP contribution in [0, 0.1) is 0 Å². The Kier molecular flexibility index (Phi) is 1.67. The molecule has 0 radical (unpaired) electrons. The smallest absolute Gasteiger partial charge is 0.253 e. The van der Waals surface area contributed by atoms with Gasteiger partial charge in [0.2, 0.25) is 0 Å². The summed E-state index contributed by atoms with van der Waals surface area (Å²) < 4.78 is 1.49. The van der Waals surface area contributed by atoms with Gasteiger partial charge in [0.1, 0.15) is 18.5 Å². The maximum Gasteiger partial charge on any atom is 0.253 e. The Hall–Kier alpha value is -1.98. The minimum Gasteiger partial charge on any atom is -0.310 e. The summed E-state index contributed by atoms with van der Waals surface area (Å²) in [5.74, 6) is 1.70. The van der Waals surface area contributed by atoms with Crippen molar-refractivity contribution in [2.75, 3.05) is 0 Å². The zero-order chi connectivity index (χ0) is 10.3. The van der Waals surface area contributed by atoms with E-state index >= 15 is 0 Å². The second-order valence-electron chi connectivity index (χ2n) is 3.60. The fourth-order valence-electron chi connectivity index (χ4n) is 1.46. The third kappa shape index (κ3) is 1.54. The largest absolute Gasteiger partial charge is 0.310 e. The molecule has 76 valence electrons. The average molecular weight is 203 g/mol. The molecule has 2 aromatic heterocycles. The van der Waals surface area contributed by atoms with Crippen LogP contribution >= 0.6 is 0 Å². The minimum absolute atomic E-state index is 0.141. The summed E-state index contributed by atoms with van der Waals surface area (Å²) in [5.41, 5.74) is -0.141. The van der Waals surface area contributed by atoms with Crippen molar-refractivity contribution in [2.24, 2.45) is 0 Å². The predicted octanol–water partition coefficient (Wildman–Crippen LogP) is 0.228. The van der Waals surface area contributed by atoms with Gasteiger partial charge in [-0.05, 0) is 12.8 Å². The number of aromatic nitrogens is 5. The normalized spacial score (nSPS) is 15.5. The molecule has 1 N–H and O–H groups in total. The monoisotopic (exact) mass is 203 g/mol. The molecule has 0 aromatic carbocycles. The van der Waals surface area contributed by atoms with E-state index in [-0.39, 0.29) is 5.56 Å². The lowest BCUT2D eigenvalue weighted by Crippen LogP contribution is -2.13. The number of H-pyrrole nitrogens is 1. The summed E-state index contributed by atoms with van der Waals surface area (Å²) in [7, 11) is 0. The first-order chi connectivity index (χ1) is 7.33. The van der Waals surface area contributed by atoms with Crippen LogP contribution in [0.3, 0.4) is 0 Å². The van der Waals surface area contributed by atoms with E-state index in [2.05, 4.69) is 20.1 Å². The molecule has 0 spiro atoms. The molecule has 0 amide bonds. The molecule has 15 heavy (non-hydrogen) atoms. The van der Waals surface area contributed by atoms with E-state index in [9.17, 15) is 4.79 Å². The summed E-state index contributed by atoms with van der Waals surface area (Å²) in [5, 5.41) is 3.94. The van der Waals surface area contributed by atoms with Crippen LogP contribution < -0.4 is 5.56 Å². The first kappa shape index (κ1) is 8.34. The Morgan fingerprint density at radius 3 is 3.00 bits per heavy atom. The molecule has 0 saturated heterocycles. The van der Waals surface area contributed by atoms with Gasteiger partial charge in [0.05, 0.1) is 0 Å². The zero-order valence-corrected chi connectivity index (χ0v) is 7.92. The van der Waals surface area contributed by atoms with Crippen LogP contribution in [0.5, 0.6) is 0 Å². The van der Waals surface area contributed by atoms with Crippen molar-refractivity contribution >= 4 is 0 Å². The highest BCUT2D eigenvalue weighted by Gasteiger charge is 2.26. The van der Waals surface area contributed by atoms with Gasteiger partial charge in [-0.25, -0.2) is 14.6 Å². The van der Waals surface area contributed by atoms with Crippen LogP contribution in [0.4, 0.5) is 0 Å². The lowest BCUT2D eigenvalue weighted by atomic mass is 10.4. The lowest BCUT2D eigenvalue weighted by molar-refractivity contribution is 0.801. The van der Waals surface area contributed by atoms with Crippen LogP contribution in [0.1, 0.15) is 24.6 Å². The zero-order valence-electron chi connectivity index (χ0n) is 7.92. The first-order valence-electron chi connectivity index (χ1n) is 4.79. The van der Waals surface area contributed by atoms with Gasteiger partial charge in [-0.1, -0.05) is 0 Å². The molecule has 6 heteroatoms. The van der Waals surface area contributed by atoms with E-state index in [0.29, 0.717) is 11.7 Å². The highest BCUT2D eigenvalue weighted by atomic mass is 16.1. The van der Waals surface area contributed by atoms with Gasteiger partial charge >= 0.3 is 0 Å². The van der Waals surface area contributed by atoms with Crippen LogP contribution in [0.25, 0.3) is 5.82 Å². The third-order valence-electron chi connectivity index (χ3n) is 2.36. The fourth-order valence-corrected chi connectivity index (χ4v) is 1.46. The summed E-state index contributed by atoms with van der Waals surface area (Å²) in [4.78, 5) is 22.3. The molecule has 2 aromatic rings. The van der Waals surface area contributed by atoms with Crippen molar-refractivity contribution in [1.82, 2.24) is 24.7 Å². The predicted molar refractivity (Wildman–Crippen MR) is 51.7 cm³/mol. The highest BCUT2D eigenvalue weighted by Crippen LogP contribution is 2.37. The molecular weight excluding hydrogens is 194 g/mol. The van der Waals surface area contributed by atoms with Crippen LogP contribution in [-0.2, 0) is 0 Å². The minimum atomic E-state index is -0.141.